The molecule has 0 saturated heterocycles. The summed E-state index contributed by atoms with van der Waals surface area (Å²) in [7, 11) is 0. The highest BCUT2D eigenvalue weighted by Crippen LogP contribution is 2.31. The average molecular weight is 555 g/mol. The fourth-order valence-electron chi connectivity index (χ4n) is 3.21. The van der Waals surface area contributed by atoms with Gasteiger partial charge in [-0.25, -0.2) is 0 Å². The Bertz CT molecular complexity index is 1180. The third-order valence-electron chi connectivity index (χ3n) is 5.63. The number of hydrogen-bond acceptors (Lipinski definition) is 8. The summed E-state index contributed by atoms with van der Waals surface area (Å²) in [5.41, 5.74) is 0.860. The van der Waals surface area contributed by atoms with Gasteiger partial charge in [-0.2, -0.15) is 0 Å². The number of ketones is 1. The van der Waals surface area contributed by atoms with Crippen molar-refractivity contribution in [1.29, 1.82) is 0 Å². The summed E-state index contributed by atoms with van der Waals surface area (Å²) in [5.74, 6) is 0.695. The fourth-order valence-corrected chi connectivity index (χ4v) is 3.21. The topological polar surface area (TPSA) is 97.4 Å². The summed E-state index contributed by atoms with van der Waals surface area (Å²) < 4.78 is 27.5. The van der Waals surface area contributed by atoms with Gasteiger partial charge in [0.05, 0.1) is 17.4 Å². The van der Waals surface area contributed by atoms with E-state index in [1.807, 2.05) is 19.9 Å². The van der Waals surface area contributed by atoms with Crippen molar-refractivity contribution in [2.45, 2.75) is 68.2 Å². The average Bonchev–Trinajstić information content (AvgIpc) is 2.90. The van der Waals surface area contributed by atoms with E-state index in [9.17, 15) is 14.4 Å². The molecule has 2 aromatic carbocycles. The first-order valence-electron chi connectivity index (χ1n) is 13.5. The largest absolute Gasteiger partial charge is 0.493 e. The van der Waals surface area contributed by atoms with Crippen molar-refractivity contribution in [2.75, 3.05) is 20.2 Å². The first-order valence-corrected chi connectivity index (χ1v) is 13.5. The van der Waals surface area contributed by atoms with Crippen LogP contribution in [0.3, 0.4) is 0 Å². The minimum absolute atomic E-state index is 0.195. The lowest BCUT2D eigenvalue weighted by molar-refractivity contribution is -0.160. The highest BCUT2D eigenvalue weighted by atomic mass is 16.7. The molecule has 0 heterocycles. The lowest BCUT2D eigenvalue weighted by Crippen LogP contribution is -2.24. The number of hydrogen-bond donors (Lipinski definition) is 0. The van der Waals surface area contributed by atoms with Gasteiger partial charge in [-0.15, -0.1) is 0 Å². The van der Waals surface area contributed by atoms with Gasteiger partial charge < -0.3 is 23.7 Å². The Morgan fingerprint density at radius 3 is 1.85 bits per heavy atom. The molecule has 0 bridgehead atoms. The molecule has 0 unspecified atom stereocenters. The second-order valence-corrected chi connectivity index (χ2v) is 11.3. The SMILES string of the molecule is CCCOc1cc(OCOC(=O)C(C)(C)C)c(CC)cc1C=CC(=O)c1ccc(OCOC(=O)C(C)(C)C)cc1. The second kappa shape index (κ2) is 14.5. The molecule has 2 aromatic rings. The van der Waals surface area contributed by atoms with Crippen LogP contribution < -0.4 is 14.2 Å². The molecule has 0 atom stereocenters. The highest BCUT2D eigenvalue weighted by molar-refractivity contribution is 6.07. The minimum Gasteiger partial charge on any atom is -0.493 e. The van der Waals surface area contributed by atoms with Gasteiger partial charge in [0.2, 0.25) is 13.6 Å². The van der Waals surface area contributed by atoms with Crippen LogP contribution in [0.5, 0.6) is 17.2 Å². The molecule has 0 N–H and O–H groups in total. The smallest absolute Gasteiger partial charge is 0.314 e. The van der Waals surface area contributed by atoms with E-state index in [-0.39, 0.29) is 31.3 Å². The Morgan fingerprint density at radius 2 is 1.32 bits per heavy atom. The summed E-state index contributed by atoms with van der Waals surface area (Å²) in [6.07, 6.45) is 4.67. The zero-order valence-electron chi connectivity index (χ0n) is 24.9. The van der Waals surface area contributed by atoms with Crippen LogP contribution in [-0.4, -0.2) is 37.9 Å². The van der Waals surface area contributed by atoms with E-state index in [1.165, 1.54) is 6.08 Å². The van der Waals surface area contributed by atoms with Gasteiger partial charge in [0.25, 0.3) is 0 Å². The quantitative estimate of drug-likeness (QED) is 0.116. The van der Waals surface area contributed by atoms with Crippen LogP contribution in [0.1, 0.15) is 83.3 Å². The van der Waals surface area contributed by atoms with Gasteiger partial charge in [-0.3, -0.25) is 14.4 Å². The molecule has 8 nitrogen and oxygen atoms in total. The van der Waals surface area contributed by atoms with Crippen LogP contribution >= 0.6 is 0 Å². The number of benzene rings is 2. The van der Waals surface area contributed by atoms with Crippen LogP contribution in [0, 0.1) is 10.8 Å². The molecular formula is C32H42O8. The van der Waals surface area contributed by atoms with Gasteiger partial charge >= 0.3 is 11.9 Å². The molecule has 0 aliphatic carbocycles. The highest BCUT2D eigenvalue weighted by Gasteiger charge is 2.24. The van der Waals surface area contributed by atoms with Crippen LogP contribution in [-0.2, 0) is 25.5 Å². The second-order valence-electron chi connectivity index (χ2n) is 11.3. The van der Waals surface area contributed by atoms with E-state index in [2.05, 4.69) is 0 Å². The number of esters is 2. The number of carbonyl (C=O) groups is 3. The normalized spacial score (nSPS) is 11.7. The third-order valence-corrected chi connectivity index (χ3v) is 5.63. The number of rotatable bonds is 13. The van der Waals surface area contributed by atoms with Crippen molar-refractivity contribution in [3.63, 3.8) is 0 Å². The van der Waals surface area contributed by atoms with Crippen molar-refractivity contribution in [2.24, 2.45) is 10.8 Å². The predicted octanol–water partition coefficient (Wildman–Crippen LogP) is 6.79. The summed E-state index contributed by atoms with van der Waals surface area (Å²) >= 11 is 0. The van der Waals surface area contributed by atoms with Crippen molar-refractivity contribution < 1.29 is 38.1 Å². The number of allylic oxidation sites excluding steroid dienone is 1. The van der Waals surface area contributed by atoms with E-state index in [0.717, 1.165) is 17.5 Å². The van der Waals surface area contributed by atoms with Crippen LogP contribution in [0.4, 0.5) is 0 Å². The van der Waals surface area contributed by atoms with Gasteiger partial charge in [0.15, 0.2) is 5.78 Å². The maximum Gasteiger partial charge on any atom is 0.314 e. The molecule has 218 valence electrons. The summed E-state index contributed by atoms with van der Waals surface area (Å²) in [4.78, 5) is 36.8. The van der Waals surface area contributed by atoms with E-state index in [1.54, 1.807) is 78.0 Å². The maximum atomic E-state index is 12.9. The van der Waals surface area contributed by atoms with E-state index < -0.39 is 10.8 Å². The Morgan fingerprint density at radius 1 is 0.750 bits per heavy atom. The Hall–Kier alpha value is -3.81. The number of ether oxygens (including phenoxy) is 5. The molecule has 0 aliphatic heterocycles. The zero-order valence-corrected chi connectivity index (χ0v) is 24.9. The summed E-state index contributed by atoms with van der Waals surface area (Å²) in [6.45, 7) is 14.7. The monoisotopic (exact) mass is 554 g/mol. The standard InChI is InChI=1S/C32H42O8/c1-9-17-36-28-19-27(38-21-40-30(35)32(6,7)8)22(10-2)18-24(28)13-16-26(33)23-11-14-25(15-12-23)37-20-39-29(34)31(3,4)5/h11-16,18-19H,9-10,17,20-21H2,1-8H3. The Balaban J connectivity index is 2.12. The molecule has 0 aliphatic rings. The fraction of sp³-hybridized carbons (Fsp3) is 0.469. The van der Waals surface area contributed by atoms with E-state index in [4.69, 9.17) is 23.7 Å². The first-order chi connectivity index (χ1) is 18.8. The van der Waals surface area contributed by atoms with Crippen LogP contribution in [0.2, 0.25) is 0 Å². The van der Waals surface area contributed by atoms with Crippen molar-refractivity contribution >= 4 is 23.8 Å². The maximum absolute atomic E-state index is 12.9. The molecule has 0 aromatic heterocycles. The van der Waals surface area contributed by atoms with Crippen molar-refractivity contribution in [1.82, 2.24) is 0 Å². The zero-order chi connectivity index (χ0) is 29.9. The molecule has 0 fully saturated rings. The van der Waals surface area contributed by atoms with Gasteiger partial charge in [-0.05, 0) is 102 Å². The van der Waals surface area contributed by atoms with Crippen LogP contribution in [0.15, 0.2) is 42.5 Å². The van der Waals surface area contributed by atoms with Gasteiger partial charge in [0, 0.05) is 17.2 Å². The molecule has 0 amide bonds. The molecule has 2 rings (SSSR count). The lowest BCUT2D eigenvalue weighted by Gasteiger charge is -2.18. The Labute approximate surface area is 237 Å². The number of carbonyl (C=O) groups excluding carboxylic acids is 3. The van der Waals surface area contributed by atoms with Gasteiger partial charge in [-0.1, -0.05) is 13.8 Å². The molecule has 0 saturated carbocycles. The predicted molar refractivity (Wildman–Crippen MR) is 153 cm³/mol. The molecule has 0 radical (unpaired) electrons. The number of aryl methyl sites for hydroxylation is 1. The van der Waals surface area contributed by atoms with E-state index >= 15 is 0 Å². The molecule has 8 heteroatoms. The third kappa shape index (κ3) is 10.1. The molecule has 0 spiro atoms. The minimum atomic E-state index is -0.623. The van der Waals surface area contributed by atoms with Crippen LogP contribution in [0.25, 0.3) is 6.08 Å². The summed E-state index contributed by atoms with van der Waals surface area (Å²) in [5, 5.41) is 0. The van der Waals surface area contributed by atoms with Gasteiger partial charge in [0.1, 0.15) is 17.2 Å². The summed E-state index contributed by atoms with van der Waals surface area (Å²) in [6, 6.07) is 10.3. The van der Waals surface area contributed by atoms with Crippen molar-refractivity contribution in [3.05, 3.63) is 59.2 Å². The first kappa shape index (κ1) is 32.4. The van der Waals surface area contributed by atoms with E-state index in [0.29, 0.717) is 35.8 Å². The lowest BCUT2D eigenvalue weighted by atomic mass is 9.97. The van der Waals surface area contributed by atoms with Crippen molar-refractivity contribution in [3.8, 4) is 17.2 Å². The molecule has 40 heavy (non-hydrogen) atoms. The molecular weight excluding hydrogens is 512 g/mol. The Kier molecular flexibility index (Phi) is 11.8.